The van der Waals surface area contributed by atoms with E-state index in [1.54, 1.807) is 0 Å². The van der Waals surface area contributed by atoms with E-state index < -0.39 is 0 Å². The summed E-state index contributed by atoms with van der Waals surface area (Å²) in [4.78, 5) is 0. The van der Waals surface area contributed by atoms with Gasteiger partial charge in [0.05, 0.1) is 0 Å². The summed E-state index contributed by atoms with van der Waals surface area (Å²) in [5, 5.41) is 4.09. The van der Waals surface area contributed by atoms with Crippen molar-refractivity contribution in [3.63, 3.8) is 0 Å². The number of nitrogens with one attached hydrogen (secondary N) is 1. The van der Waals surface area contributed by atoms with Crippen molar-refractivity contribution in [2.24, 2.45) is 0 Å². The Balaban J connectivity index is 2.22. The molecule has 0 saturated heterocycles. The van der Waals surface area contributed by atoms with E-state index in [4.69, 9.17) is 11.6 Å². The summed E-state index contributed by atoms with van der Waals surface area (Å²) >= 11 is 9.19. The molecule has 1 nitrogen and oxygen atoms in total. The van der Waals surface area contributed by atoms with Gasteiger partial charge in [-0.15, -0.1) is 0 Å². The average molecular weight is 357 g/mol. The summed E-state index contributed by atoms with van der Waals surface area (Å²) in [5.74, 6) is -0.184. The zero-order valence-electron chi connectivity index (χ0n) is 11.2. The monoisotopic (exact) mass is 355 g/mol. The van der Waals surface area contributed by atoms with Gasteiger partial charge < -0.3 is 5.32 Å². The van der Waals surface area contributed by atoms with Gasteiger partial charge >= 0.3 is 0 Å². The molecular formula is C16H16BrClFN. The van der Waals surface area contributed by atoms with Gasteiger partial charge in [0.15, 0.2) is 0 Å². The van der Waals surface area contributed by atoms with Crippen LogP contribution in [0.2, 0.25) is 5.02 Å². The van der Waals surface area contributed by atoms with Crippen LogP contribution in [0.1, 0.15) is 24.1 Å². The van der Waals surface area contributed by atoms with Crippen molar-refractivity contribution in [2.75, 3.05) is 6.54 Å². The van der Waals surface area contributed by atoms with E-state index >= 15 is 0 Å². The van der Waals surface area contributed by atoms with Crippen molar-refractivity contribution >= 4 is 27.5 Å². The molecule has 2 aromatic rings. The van der Waals surface area contributed by atoms with Crippen molar-refractivity contribution in [3.8, 4) is 0 Å². The number of hydrogen-bond acceptors (Lipinski definition) is 1. The van der Waals surface area contributed by atoms with Crippen molar-refractivity contribution < 1.29 is 4.39 Å². The fourth-order valence-electron chi connectivity index (χ4n) is 2.16. The Labute approximate surface area is 132 Å². The molecule has 0 fully saturated rings. The predicted octanol–water partition coefficient (Wildman–Crippen LogP) is 5.13. The highest BCUT2D eigenvalue weighted by Gasteiger charge is 2.13. The second-order valence-corrected chi connectivity index (χ2v) is 5.95. The maximum Gasteiger partial charge on any atom is 0.127 e. The average Bonchev–Trinajstić information content (AvgIpc) is 2.42. The number of benzene rings is 2. The van der Waals surface area contributed by atoms with E-state index in [0.29, 0.717) is 17.0 Å². The third-order valence-electron chi connectivity index (χ3n) is 3.16. The van der Waals surface area contributed by atoms with Crippen LogP contribution < -0.4 is 5.32 Å². The molecule has 1 unspecified atom stereocenters. The molecule has 1 N–H and O–H groups in total. The molecule has 20 heavy (non-hydrogen) atoms. The molecule has 0 spiro atoms. The summed E-state index contributed by atoms with van der Waals surface area (Å²) in [5.41, 5.74) is 1.81. The van der Waals surface area contributed by atoms with Gasteiger partial charge in [-0.25, -0.2) is 4.39 Å². The molecule has 106 valence electrons. The summed E-state index contributed by atoms with van der Waals surface area (Å²) < 4.78 is 14.7. The van der Waals surface area contributed by atoms with Gasteiger partial charge in [0.1, 0.15) is 5.82 Å². The largest absolute Gasteiger partial charge is 0.310 e. The number of halogens is 3. The fourth-order valence-corrected chi connectivity index (χ4v) is 2.62. The first kappa shape index (κ1) is 15.5. The lowest BCUT2D eigenvalue weighted by molar-refractivity contribution is 0.528. The summed E-state index contributed by atoms with van der Waals surface area (Å²) in [6, 6.07) is 12.9. The minimum absolute atomic E-state index is 0.0768. The van der Waals surface area contributed by atoms with Gasteiger partial charge in [0, 0.05) is 15.5 Å². The zero-order valence-corrected chi connectivity index (χ0v) is 13.5. The highest BCUT2D eigenvalue weighted by atomic mass is 79.9. The highest BCUT2D eigenvalue weighted by molar-refractivity contribution is 9.10. The molecule has 2 rings (SSSR count). The Hall–Kier alpha value is -0.900. The van der Waals surface area contributed by atoms with Crippen molar-refractivity contribution in [2.45, 2.75) is 19.4 Å². The standard InChI is InChI=1S/C16H16BrClFN/c1-2-20-16(11-4-7-14(18)8-5-11)9-12-3-6-13(17)10-15(12)19/h3-8,10,16,20H,2,9H2,1H3. The smallest absolute Gasteiger partial charge is 0.127 e. The second kappa shape index (κ2) is 7.21. The molecule has 4 heteroatoms. The quantitative estimate of drug-likeness (QED) is 0.782. The Morgan fingerprint density at radius 2 is 1.90 bits per heavy atom. The molecule has 1 atom stereocenters. The molecule has 0 aliphatic heterocycles. The Morgan fingerprint density at radius 1 is 1.20 bits per heavy atom. The number of hydrogen-bond donors (Lipinski definition) is 1. The van der Waals surface area contributed by atoms with Crippen LogP contribution in [-0.4, -0.2) is 6.54 Å². The fraction of sp³-hybridized carbons (Fsp3) is 0.250. The van der Waals surface area contributed by atoms with E-state index in [1.165, 1.54) is 6.07 Å². The van der Waals surface area contributed by atoms with Crippen LogP contribution in [0.15, 0.2) is 46.9 Å². The van der Waals surface area contributed by atoms with Crippen molar-refractivity contribution in [1.82, 2.24) is 5.32 Å². The maximum absolute atomic E-state index is 14.0. The molecule has 0 aliphatic carbocycles. The first-order valence-corrected chi connectivity index (χ1v) is 7.70. The molecule has 0 amide bonds. The minimum Gasteiger partial charge on any atom is -0.310 e. The molecule has 0 bridgehead atoms. The van der Waals surface area contributed by atoms with Gasteiger partial charge in [-0.05, 0) is 48.4 Å². The van der Waals surface area contributed by atoms with E-state index in [2.05, 4.69) is 21.2 Å². The summed E-state index contributed by atoms with van der Waals surface area (Å²) in [7, 11) is 0. The SMILES string of the molecule is CCNC(Cc1ccc(Br)cc1F)c1ccc(Cl)cc1. The maximum atomic E-state index is 14.0. The van der Waals surface area contributed by atoms with Gasteiger partial charge in [0.25, 0.3) is 0 Å². The summed E-state index contributed by atoms with van der Waals surface area (Å²) in [6.07, 6.45) is 0.606. The lowest BCUT2D eigenvalue weighted by atomic mass is 9.98. The molecule has 0 heterocycles. The van der Waals surface area contributed by atoms with Gasteiger partial charge in [-0.2, -0.15) is 0 Å². The Kier molecular flexibility index (Phi) is 5.58. The molecule has 0 radical (unpaired) electrons. The van der Waals surface area contributed by atoms with Crippen LogP contribution in [0.3, 0.4) is 0 Å². The van der Waals surface area contributed by atoms with Crippen LogP contribution in [0.4, 0.5) is 4.39 Å². The Morgan fingerprint density at radius 3 is 2.50 bits per heavy atom. The van der Waals surface area contributed by atoms with E-state index in [1.807, 2.05) is 43.3 Å². The lowest BCUT2D eigenvalue weighted by Gasteiger charge is -2.19. The van der Waals surface area contributed by atoms with Crippen molar-refractivity contribution in [1.29, 1.82) is 0 Å². The van der Waals surface area contributed by atoms with E-state index in [9.17, 15) is 4.39 Å². The Bertz CT molecular complexity index is 571. The third kappa shape index (κ3) is 4.05. The van der Waals surface area contributed by atoms with Crippen LogP contribution >= 0.6 is 27.5 Å². The van der Waals surface area contributed by atoms with Gasteiger partial charge in [0.2, 0.25) is 0 Å². The highest BCUT2D eigenvalue weighted by Crippen LogP contribution is 2.23. The molecule has 2 aromatic carbocycles. The van der Waals surface area contributed by atoms with Crippen LogP contribution in [0, 0.1) is 5.82 Å². The molecular weight excluding hydrogens is 341 g/mol. The summed E-state index contributed by atoms with van der Waals surface area (Å²) in [6.45, 7) is 2.87. The number of likely N-dealkylation sites (N-methyl/N-ethyl adjacent to an activating group) is 1. The lowest BCUT2D eigenvalue weighted by Crippen LogP contribution is -2.23. The minimum atomic E-state index is -0.184. The first-order valence-electron chi connectivity index (χ1n) is 6.53. The molecule has 0 saturated carbocycles. The van der Waals surface area contributed by atoms with Gasteiger partial charge in [-0.1, -0.05) is 52.7 Å². The topological polar surface area (TPSA) is 12.0 Å². The first-order chi connectivity index (χ1) is 9.60. The molecule has 0 aromatic heterocycles. The second-order valence-electron chi connectivity index (χ2n) is 4.60. The van der Waals surface area contributed by atoms with E-state index in [-0.39, 0.29) is 11.9 Å². The van der Waals surface area contributed by atoms with Crippen LogP contribution in [0.5, 0.6) is 0 Å². The van der Waals surface area contributed by atoms with Crippen LogP contribution in [0.25, 0.3) is 0 Å². The van der Waals surface area contributed by atoms with Crippen LogP contribution in [-0.2, 0) is 6.42 Å². The van der Waals surface area contributed by atoms with E-state index in [0.717, 1.165) is 16.6 Å². The third-order valence-corrected chi connectivity index (χ3v) is 3.91. The molecule has 0 aliphatic rings. The van der Waals surface area contributed by atoms with Gasteiger partial charge in [-0.3, -0.25) is 0 Å². The normalized spacial score (nSPS) is 12.4. The van der Waals surface area contributed by atoms with Crippen molar-refractivity contribution in [3.05, 3.63) is 68.9 Å². The zero-order chi connectivity index (χ0) is 14.5. The predicted molar refractivity (Wildman–Crippen MR) is 85.7 cm³/mol. The number of rotatable bonds is 5.